The number of hydrogen-bond donors (Lipinski definition) is 0. The predicted molar refractivity (Wildman–Crippen MR) is 521 cm³/mol. The van der Waals surface area contributed by atoms with Crippen molar-refractivity contribution >= 4 is 53.9 Å². The molecule has 0 aliphatic heterocycles. The zero-order valence-corrected chi connectivity index (χ0v) is 70.5. The van der Waals surface area contributed by atoms with E-state index < -0.39 is 0 Å². The van der Waals surface area contributed by atoms with Crippen LogP contribution in [0, 0.1) is 48.5 Å². The fourth-order valence-electron chi connectivity index (χ4n) is 15.4. The second-order valence-corrected chi connectivity index (χ2v) is 31.0. The van der Waals surface area contributed by atoms with E-state index in [2.05, 4.69) is 442 Å². The van der Waals surface area contributed by atoms with Crippen LogP contribution in [0.5, 0.6) is 0 Å². The van der Waals surface area contributed by atoms with E-state index in [0.717, 1.165) is 22.3 Å². The van der Waals surface area contributed by atoms with Crippen molar-refractivity contribution in [2.45, 2.75) is 48.5 Å². The molecular weight excluding hydrogens is 1490 g/mol. The van der Waals surface area contributed by atoms with Crippen LogP contribution in [0.25, 0.3) is 154 Å². The van der Waals surface area contributed by atoms with Gasteiger partial charge in [0.2, 0.25) is 0 Å². The Balaban J connectivity index is 0.000000113. The largest absolute Gasteiger partial charge is 0.265 e. The molecule has 0 fully saturated rings. The van der Waals surface area contributed by atoms with Gasteiger partial charge in [0.15, 0.2) is 0 Å². The van der Waals surface area contributed by atoms with Crippen LogP contribution >= 0.6 is 0 Å². The summed E-state index contributed by atoms with van der Waals surface area (Å²) in [5, 5.41) is 13.1. The van der Waals surface area contributed by atoms with Crippen LogP contribution < -0.4 is 0 Å². The molecule has 0 unspecified atom stereocenters. The van der Waals surface area contributed by atoms with E-state index in [1.807, 2.05) is 79.9 Å². The van der Waals surface area contributed by atoms with Crippen LogP contribution in [0.2, 0.25) is 0 Å². The van der Waals surface area contributed by atoms with E-state index in [1.165, 1.54) is 183 Å². The Kier molecular flexibility index (Phi) is 27.4. The smallest absolute Gasteiger partial charge is 0.115 e. The number of aromatic nitrogens is 6. The summed E-state index contributed by atoms with van der Waals surface area (Å²) in [5.74, 6) is 0. The van der Waals surface area contributed by atoms with Crippen LogP contribution in [0.4, 0.5) is 0 Å². The van der Waals surface area contributed by atoms with Gasteiger partial charge in [-0.3, -0.25) is 9.97 Å². The van der Waals surface area contributed by atoms with Crippen molar-refractivity contribution in [1.29, 1.82) is 0 Å². The molecular formula is C117H96N6. The number of hydrogen-bond acceptors (Lipinski definition) is 6. The topological polar surface area (TPSA) is 77.3 Å². The van der Waals surface area contributed by atoms with E-state index in [1.54, 1.807) is 0 Å². The number of fused-ring (bicyclic) bond motifs is 5. The molecule has 123 heavy (non-hydrogen) atoms. The number of pyridine rings is 2. The van der Waals surface area contributed by atoms with Crippen molar-refractivity contribution in [3.05, 3.63) is 495 Å². The standard InChI is InChI=1S/2C23H18.C17H14N2.C17H14.C15H12N4.2C11H10/c1-17-14-20(18-8-3-2-4-9-18)16-21(15-17)23-13-7-11-19-10-5-6-12-22(19)23;1-17-13-22(18-7-3-2-4-8-18)16-23(14-17)21-12-11-19-9-5-6-10-20(19)15-21;1-13-10-16(14-2-6-18-7-3-14)12-17(11-13)15-4-8-19-9-5-15;1-13-7-8-17-12-16(10-9-15(17)11-13)14-5-3-2-4-6-14;1-11-2-12(14-5-16-9-17-6-14)4-13(3-11)15-7-18-10-19-8-15;1-9-5-4-7-10-6-2-3-8-11(9)10;1-9-6-7-10-4-2-3-5-11(10)8-9/h2*2-16H,1H3;2-12H,1H3;2-12H,1H3;2-10H,1H3;2*2-8H,1H3. The maximum absolute atomic E-state index is 4.07. The summed E-state index contributed by atoms with van der Waals surface area (Å²) in [5.41, 5.74) is 30.7. The molecule has 0 atom stereocenters. The van der Waals surface area contributed by atoms with Gasteiger partial charge in [-0.05, 0) is 280 Å². The summed E-state index contributed by atoms with van der Waals surface area (Å²) in [6.45, 7) is 14.9. The molecule has 6 nitrogen and oxygen atoms in total. The van der Waals surface area contributed by atoms with Gasteiger partial charge in [-0.15, -0.1) is 0 Å². The Bertz CT molecular complexity index is 6780. The predicted octanol–water partition coefficient (Wildman–Crippen LogP) is 31.1. The third-order valence-corrected chi connectivity index (χ3v) is 21.5. The lowest BCUT2D eigenvalue weighted by molar-refractivity contribution is 1.17. The van der Waals surface area contributed by atoms with Gasteiger partial charge in [0.05, 0.1) is 0 Å². The highest BCUT2D eigenvalue weighted by molar-refractivity contribution is 5.98. The quantitative estimate of drug-likeness (QED) is 0.143. The van der Waals surface area contributed by atoms with Gasteiger partial charge in [-0.25, -0.2) is 19.9 Å². The zero-order chi connectivity index (χ0) is 84.5. The first kappa shape index (κ1) is 82.6. The van der Waals surface area contributed by atoms with Crippen molar-refractivity contribution in [3.63, 3.8) is 0 Å². The SMILES string of the molecule is Cc1cc(-c2ccccc2)cc(-c2ccc3ccccc3c2)c1.Cc1cc(-c2ccccc2)cc(-c2cccc3ccccc23)c1.Cc1cc(-c2ccncc2)cc(-c2ccncc2)c1.Cc1cc(-c2cncnc2)cc(-c2cncnc2)c1.Cc1ccc2cc(-c3ccccc3)ccc2c1.Cc1ccc2ccccc2c1.Cc1cccc2ccccc12. The summed E-state index contributed by atoms with van der Waals surface area (Å²) in [4.78, 5) is 24.4. The van der Waals surface area contributed by atoms with Crippen molar-refractivity contribution in [1.82, 2.24) is 29.9 Å². The van der Waals surface area contributed by atoms with E-state index >= 15 is 0 Å². The molecule has 0 aliphatic rings. The molecule has 0 aliphatic carbocycles. The Hall–Kier alpha value is -15.5. The molecule has 21 aromatic rings. The summed E-state index contributed by atoms with van der Waals surface area (Å²) in [7, 11) is 0. The first-order valence-corrected chi connectivity index (χ1v) is 41.7. The molecule has 0 N–H and O–H groups in total. The molecule has 0 bridgehead atoms. The summed E-state index contributed by atoms with van der Waals surface area (Å²) in [6, 6.07) is 140. The molecule has 0 amide bonds. The van der Waals surface area contributed by atoms with Crippen LogP contribution in [-0.2, 0) is 0 Å². The minimum absolute atomic E-state index is 1.00. The molecule has 6 heteroatoms. The van der Waals surface area contributed by atoms with Crippen LogP contribution in [-0.4, -0.2) is 29.9 Å². The molecule has 4 heterocycles. The van der Waals surface area contributed by atoms with Gasteiger partial charge >= 0.3 is 0 Å². The maximum atomic E-state index is 4.07. The van der Waals surface area contributed by atoms with E-state index in [-0.39, 0.29) is 0 Å². The number of nitrogens with zero attached hydrogens (tertiary/aromatic N) is 6. The summed E-state index contributed by atoms with van der Waals surface area (Å²) >= 11 is 0. The van der Waals surface area contributed by atoms with Crippen molar-refractivity contribution < 1.29 is 0 Å². The third kappa shape index (κ3) is 22.3. The molecule has 0 radical (unpaired) electrons. The van der Waals surface area contributed by atoms with Gasteiger partial charge < -0.3 is 0 Å². The fourth-order valence-corrected chi connectivity index (χ4v) is 15.4. The van der Waals surface area contributed by atoms with Crippen molar-refractivity contribution in [2.24, 2.45) is 0 Å². The average molecular weight is 1590 g/mol. The molecule has 0 saturated carbocycles. The molecule has 4 aromatic heterocycles. The Labute approximate surface area is 723 Å². The number of aryl methyl sites for hydroxylation is 7. The normalized spacial score (nSPS) is 10.6. The first-order valence-electron chi connectivity index (χ1n) is 41.7. The molecule has 21 rings (SSSR count). The molecule has 0 spiro atoms. The number of rotatable bonds is 9. The highest BCUT2D eigenvalue weighted by Crippen LogP contribution is 2.36. The number of benzene rings is 17. The summed E-state index contributed by atoms with van der Waals surface area (Å²) in [6.07, 6.45) is 17.6. The Morgan fingerprint density at radius 2 is 0.431 bits per heavy atom. The van der Waals surface area contributed by atoms with E-state index in [4.69, 9.17) is 0 Å². The lowest BCUT2D eigenvalue weighted by atomic mass is 9.93. The van der Waals surface area contributed by atoms with Gasteiger partial charge in [0.25, 0.3) is 0 Å². The van der Waals surface area contributed by atoms with Crippen LogP contribution in [0.3, 0.4) is 0 Å². The first-order chi connectivity index (χ1) is 60.3. The molecule has 0 saturated heterocycles. The monoisotopic (exact) mass is 1580 g/mol. The van der Waals surface area contributed by atoms with Crippen molar-refractivity contribution in [3.8, 4) is 100 Å². The van der Waals surface area contributed by atoms with Crippen LogP contribution in [0.15, 0.2) is 457 Å². The minimum atomic E-state index is 1.00. The highest BCUT2D eigenvalue weighted by atomic mass is 14.8. The second-order valence-electron chi connectivity index (χ2n) is 31.0. The lowest BCUT2D eigenvalue weighted by Gasteiger charge is -2.11. The van der Waals surface area contributed by atoms with E-state index in [9.17, 15) is 0 Å². The minimum Gasteiger partial charge on any atom is -0.265 e. The fraction of sp³-hybridized carbons (Fsp3) is 0.0598. The van der Waals surface area contributed by atoms with Gasteiger partial charge in [0.1, 0.15) is 12.7 Å². The Morgan fingerprint density at radius 1 is 0.146 bits per heavy atom. The van der Waals surface area contributed by atoms with Gasteiger partial charge in [-0.1, -0.05) is 345 Å². The summed E-state index contributed by atoms with van der Waals surface area (Å²) < 4.78 is 0. The van der Waals surface area contributed by atoms with Gasteiger partial charge in [-0.2, -0.15) is 0 Å². The third-order valence-electron chi connectivity index (χ3n) is 21.5. The molecule has 594 valence electrons. The highest BCUT2D eigenvalue weighted by Gasteiger charge is 2.11. The lowest BCUT2D eigenvalue weighted by Crippen LogP contribution is -1.87. The van der Waals surface area contributed by atoms with Crippen LogP contribution in [0.1, 0.15) is 38.9 Å². The second kappa shape index (κ2) is 40.8. The Morgan fingerprint density at radius 3 is 0.878 bits per heavy atom. The maximum Gasteiger partial charge on any atom is 0.115 e. The molecule has 17 aromatic carbocycles. The van der Waals surface area contributed by atoms with Crippen molar-refractivity contribution in [2.75, 3.05) is 0 Å². The average Bonchev–Trinajstić information content (AvgIpc) is 0.793. The van der Waals surface area contributed by atoms with Gasteiger partial charge in [0, 0.05) is 60.7 Å². The zero-order valence-electron chi connectivity index (χ0n) is 70.5. The van der Waals surface area contributed by atoms with E-state index in [0.29, 0.717) is 0 Å².